The summed E-state index contributed by atoms with van der Waals surface area (Å²) in [6.07, 6.45) is 0. The monoisotopic (exact) mass is 138 g/mol. The van der Waals surface area contributed by atoms with E-state index in [-0.39, 0.29) is 0 Å². The van der Waals surface area contributed by atoms with Gasteiger partial charge in [-0.05, 0) is 0 Å². The molecule has 0 rings (SSSR count). The first-order valence-corrected chi connectivity index (χ1v) is 4.62. The molecule has 0 amide bonds. The van der Waals surface area contributed by atoms with Gasteiger partial charge in [-0.1, -0.05) is 0 Å². The second-order valence-electron chi connectivity index (χ2n) is 1.14. The van der Waals surface area contributed by atoms with E-state index in [4.69, 9.17) is 0 Å². The van der Waals surface area contributed by atoms with Gasteiger partial charge in [-0.3, -0.25) is 4.57 Å². The van der Waals surface area contributed by atoms with E-state index >= 15 is 0 Å². The second-order valence-corrected chi connectivity index (χ2v) is 4.50. The van der Waals surface area contributed by atoms with Crippen LogP contribution in [0, 0.1) is 0 Å². The highest BCUT2D eigenvalue weighted by Gasteiger charge is 2.07. The smallest absolute Gasteiger partial charge is 0.422 e. The van der Waals surface area contributed by atoms with Crippen molar-refractivity contribution in [3.05, 3.63) is 0 Å². The maximum absolute atomic E-state index is 10.5. The van der Waals surface area contributed by atoms with Gasteiger partial charge in [0, 0.05) is 13.8 Å². The first kappa shape index (κ1) is 7.68. The molecule has 0 aromatic heterocycles. The lowest BCUT2D eigenvalue weighted by molar-refractivity contribution is 0.337. The molecule has 0 radical (unpaired) electrons. The standard InChI is InChI=1S/C2H7O3P.Al.2H/c1-5-6(2,3)4;;;/h1-2H3,(H,3,4);;;/q;+1;;/p-1. The topological polar surface area (TPSA) is 35.5 Å². The molecule has 0 aliphatic carbocycles. The number of hydrogen-bond acceptors (Lipinski definition) is 3. The Morgan fingerprint density at radius 2 is 2.14 bits per heavy atom. The van der Waals surface area contributed by atoms with Crippen molar-refractivity contribution in [1.82, 2.24) is 0 Å². The van der Waals surface area contributed by atoms with Crippen LogP contribution in [-0.4, -0.2) is 30.4 Å². The maximum atomic E-state index is 10.5. The molecular formula is C2H8AlO3P. The fraction of sp³-hybridized carbons (Fsp3) is 1.00. The summed E-state index contributed by atoms with van der Waals surface area (Å²) in [5.74, 6) is 0. The molecule has 42 valence electrons. The van der Waals surface area contributed by atoms with Crippen LogP contribution in [0.4, 0.5) is 0 Å². The highest BCUT2D eigenvalue weighted by atomic mass is 31.2. The third-order valence-corrected chi connectivity index (χ3v) is 3.98. The van der Waals surface area contributed by atoms with Crippen LogP contribution in [0.15, 0.2) is 0 Å². The summed E-state index contributed by atoms with van der Waals surface area (Å²) >= 11 is 0.469. The van der Waals surface area contributed by atoms with Crippen LogP contribution in [0.2, 0.25) is 0 Å². The van der Waals surface area contributed by atoms with Gasteiger partial charge in [0.2, 0.25) is 0 Å². The summed E-state index contributed by atoms with van der Waals surface area (Å²) in [6.45, 7) is 1.44. The quantitative estimate of drug-likeness (QED) is 0.398. The van der Waals surface area contributed by atoms with Gasteiger partial charge in [-0.15, -0.1) is 0 Å². The van der Waals surface area contributed by atoms with Crippen molar-refractivity contribution in [2.45, 2.75) is 0 Å². The molecule has 3 nitrogen and oxygen atoms in total. The van der Waals surface area contributed by atoms with Crippen molar-refractivity contribution < 1.29 is 12.7 Å². The van der Waals surface area contributed by atoms with Crippen LogP contribution in [0.3, 0.4) is 0 Å². The molecule has 0 aliphatic heterocycles. The zero-order valence-corrected chi connectivity index (χ0v) is 7.57. The average Bonchev–Trinajstić information content (AvgIpc) is 1.68. The summed E-state index contributed by atoms with van der Waals surface area (Å²) in [5, 5.41) is 0. The third kappa shape index (κ3) is 3.28. The van der Waals surface area contributed by atoms with Gasteiger partial charge in [0.1, 0.15) is 0 Å². The summed E-state index contributed by atoms with van der Waals surface area (Å²) in [5.41, 5.74) is 0. The minimum Gasteiger partial charge on any atom is -0.443 e. The molecule has 0 N–H and O–H groups in total. The molecule has 0 fully saturated rings. The Morgan fingerprint density at radius 3 is 2.14 bits per heavy atom. The van der Waals surface area contributed by atoms with Crippen molar-refractivity contribution in [2.75, 3.05) is 13.8 Å². The van der Waals surface area contributed by atoms with E-state index in [0.29, 0.717) is 16.6 Å². The Kier molecular flexibility index (Phi) is 3.14. The minimum absolute atomic E-state index is 0.469. The fourth-order valence-corrected chi connectivity index (χ4v) is 0.671. The fourth-order valence-electron chi connectivity index (χ4n) is 0.0745. The molecule has 7 heavy (non-hydrogen) atoms. The van der Waals surface area contributed by atoms with Crippen LogP contribution >= 0.6 is 7.60 Å². The first-order valence-electron chi connectivity index (χ1n) is 1.81. The molecule has 0 bridgehead atoms. The Labute approximate surface area is 51.3 Å². The summed E-state index contributed by atoms with van der Waals surface area (Å²) in [6, 6.07) is 0. The van der Waals surface area contributed by atoms with Crippen molar-refractivity contribution in [2.24, 2.45) is 0 Å². The summed E-state index contributed by atoms with van der Waals surface area (Å²) < 4.78 is 19.6. The van der Waals surface area contributed by atoms with E-state index in [1.165, 1.54) is 13.8 Å². The highest BCUT2D eigenvalue weighted by Crippen LogP contribution is 2.40. The van der Waals surface area contributed by atoms with Crippen molar-refractivity contribution >= 4 is 24.2 Å². The largest absolute Gasteiger partial charge is 0.443 e. The van der Waals surface area contributed by atoms with Crippen LogP contribution in [0.1, 0.15) is 0 Å². The highest BCUT2D eigenvalue weighted by molar-refractivity contribution is 7.53. The molecule has 0 saturated carbocycles. The van der Waals surface area contributed by atoms with E-state index < -0.39 is 7.60 Å². The van der Waals surface area contributed by atoms with E-state index in [2.05, 4.69) is 8.10 Å². The lowest BCUT2D eigenvalue weighted by atomic mass is 11.8. The van der Waals surface area contributed by atoms with Gasteiger partial charge in [0.25, 0.3) is 7.60 Å². The molecule has 0 spiro atoms. The lowest BCUT2D eigenvalue weighted by Gasteiger charge is -2.06. The van der Waals surface area contributed by atoms with Gasteiger partial charge < -0.3 is 8.10 Å². The third-order valence-electron chi connectivity index (χ3n) is 0.663. The molecule has 1 unspecified atom stereocenters. The summed E-state index contributed by atoms with van der Waals surface area (Å²) in [4.78, 5) is 0. The normalized spacial score (nSPS) is 18.6. The molecule has 5 heteroatoms. The Bertz CT molecular complexity index is 84.9. The molecule has 0 aromatic carbocycles. The van der Waals surface area contributed by atoms with Gasteiger partial charge in [0.05, 0.1) is 0 Å². The predicted octanol–water partition coefficient (Wildman–Crippen LogP) is 0.0204. The van der Waals surface area contributed by atoms with Crippen LogP contribution in [0.5, 0.6) is 0 Å². The van der Waals surface area contributed by atoms with E-state index in [9.17, 15) is 4.57 Å². The molecular weight excluding hydrogens is 130 g/mol. The van der Waals surface area contributed by atoms with Gasteiger partial charge >= 0.3 is 16.6 Å². The average molecular weight is 138 g/mol. The molecule has 0 aliphatic rings. The Hall–Kier alpha value is 0.682. The maximum Gasteiger partial charge on any atom is 0.422 e. The Balaban J connectivity index is 3.61. The molecule has 0 saturated heterocycles. The minimum atomic E-state index is -2.59. The SMILES string of the molecule is COP(C)(=O)[O][AlH2]. The van der Waals surface area contributed by atoms with E-state index in [1.807, 2.05) is 0 Å². The predicted molar refractivity (Wildman–Crippen MR) is 30.2 cm³/mol. The number of rotatable bonds is 2. The van der Waals surface area contributed by atoms with Gasteiger partial charge in [-0.2, -0.15) is 0 Å². The number of hydrogen-bond donors (Lipinski definition) is 0. The van der Waals surface area contributed by atoms with E-state index in [0.717, 1.165) is 0 Å². The molecule has 0 heterocycles. The molecule has 1 atom stereocenters. The van der Waals surface area contributed by atoms with Crippen LogP contribution in [-0.2, 0) is 12.7 Å². The van der Waals surface area contributed by atoms with Crippen molar-refractivity contribution in [3.63, 3.8) is 0 Å². The van der Waals surface area contributed by atoms with Gasteiger partial charge in [-0.25, -0.2) is 0 Å². The lowest BCUT2D eigenvalue weighted by Crippen LogP contribution is -1.83. The zero-order chi connectivity index (χ0) is 5.91. The molecule has 0 aromatic rings. The van der Waals surface area contributed by atoms with Crippen molar-refractivity contribution in [3.8, 4) is 0 Å². The van der Waals surface area contributed by atoms with Crippen LogP contribution < -0.4 is 0 Å². The van der Waals surface area contributed by atoms with Crippen molar-refractivity contribution in [1.29, 1.82) is 0 Å². The van der Waals surface area contributed by atoms with E-state index in [1.54, 1.807) is 0 Å². The van der Waals surface area contributed by atoms with Crippen LogP contribution in [0.25, 0.3) is 0 Å². The summed E-state index contributed by atoms with van der Waals surface area (Å²) in [7, 11) is -1.22. The van der Waals surface area contributed by atoms with Gasteiger partial charge in [0.15, 0.2) is 0 Å². The Morgan fingerprint density at radius 1 is 1.71 bits per heavy atom. The second kappa shape index (κ2) is 2.86. The first-order chi connectivity index (χ1) is 3.12. The zero-order valence-electron chi connectivity index (χ0n) is 4.67.